The second-order valence-electron chi connectivity index (χ2n) is 7.69. The number of amides is 4. The van der Waals surface area contributed by atoms with Gasteiger partial charge in [0.2, 0.25) is 11.8 Å². The van der Waals surface area contributed by atoms with Crippen LogP contribution in [0.15, 0.2) is 78.9 Å². The fraction of sp³-hybridized carbons (Fsp3) is 0.160. The van der Waals surface area contributed by atoms with Gasteiger partial charge in [-0.2, -0.15) is 0 Å². The first kappa shape index (κ1) is 22.4. The molecule has 0 saturated heterocycles. The SMILES string of the molecule is O=C1CN(C(=O)N[C@@H](Cc2ccccc2)C(=O)NCc2cccc(Cl)c2)c2ccccc2N1. The summed E-state index contributed by atoms with van der Waals surface area (Å²) in [7, 11) is 0. The summed E-state index contributed by atoms with van der Waals surface area (Å²) in [5, 5.41) is 9.02. The zero-order chi connectivity index (χ0) is 23.2. The average molecular weight is 463 g/mol. The molecule has 0 bridgehead atoms. The van der Waals surface area contributed by atoms with E-state index in [2.05, 4.69) is 16.0 Å². The maximum atomic E-state index is 13.2. The minimum Gasteiger partial charge on any atom is -0.350 e. The van der Waals surface area contributed by atoms with Crippen molar-refractivity contribution in [2.45, 2.75) is 19.0 Å². The number of fused-ring (bicyclic) bond motifs is 1. The third kappa shape index (κ3) is 5.70. The van der Waals surface area contributed by atoms with E-state index in [-0.39, 0.29) is 24.9 Å². The first-order chi connectivity index (χ1) is 16.0. The number of hydrogen-bond donors (Lipinski definition) is 3. The summed E-state index contributed by atoms with van der Waals surface area (Å²) in [6, 6.07) is 22.3. The van der Waals surface area contributed by atoms with Gasteiger partial charge in [-0.3, -0.25) is 14.5 Å². The second kappa shape index (κ2) is 10.2. The van der Waals surface area contributed by atoms with Gasteiger partial charge in [0.05, 0.1) is 11.4 Å². The van der Waals surface area contributed by atoms with Gasteiger partial charge in [-0.15, -0.1) is 0 Å². The van der Waals surface area contributed by atoms with Gasteiger partial charge in [0, 0.05) is 18.0 Å². The minimum absolute atomic E-state index is 0.134. The van der Waals surface area contributed by atoms with Crippen molar-refractivity contribution in [3.05, 3.63) is 95.0 Å². The molecular formula is C25H23ClN4O3. The molecule has 168 valence electrons. The van der Waals surface area contributed by atoms with Gasteiger partial charge in [-0.1, -0.05) is 66.2 Å². The van der Waals surface area contributed by atoms with Crippen LogP contribution >= 0.6 is 11.6 Å². The van der Waals surface area contributed by atoms with Crippen molar-refractivity contribution in [1.82, 2.24) is 10.6 Å². The summed E-state index contributed by atoms with van der Waals surface area (Å²) in [6.07, 6.45) is 0.301. The molecule has 0 saturated carbocycles. The Morgan fingerprint density at radius 1 is 0.970 bits per heavy atom. The number of anilines is 2. The average Bonchev–Trinajstić information content (AvgIpc) is 2.82. The molecule has 3 aromatic carbocycles. The lowest BCUT2D eigenvalue weighted by Crippen LogP contribution is -2.54. The standard InChI is InChI=1S/C25H23ClN4O3/c26-19-10-6-9-18(13-19)15-27-24(32)21(14-17-7-2-1-3-8-17)29-25(33)30-16-23(31)28-20-11-4-5-12-22(20)30/h1-13,21H,14-16H2,(H,27,32)(H,28,31)(H,29,33)/t21-/m0/s1. The summed E-state index contributed by atoms with van der Waals surface area (Å²) in [4.78, 5) is 39.7. The fourth-order valence-electron chi connectivity index (χ4n) is 3.66. The molecule has 0 fully saturated rings. The van der Waals surface area contributed by atoms with Gasteiger partial charge >= 0.3 is 6.03 Å². The monoisotopic (exact) mass is 462 g/mol. The third-order valence-corrected chi connectivity index (χ3v) is 5.50. The molecule has 1 aliphatic heterocycles. The van der Waals surface area contributed by atoms with Crippen molar-refractivity contribution in [3.8, 4) is 0 Å². The van der Waals surface area contributed by atoms with Crippen LogP contribution in [0.3, 0.4) is 0 Å². The van der Waals surface area contributed by atoms with Gasteiger partial charge < -0.3 is 16.0 Å². The van der Waals surface area contributed by atoms with Crippen molar-refractivity contribution >= 4 is 40.8 Å². The largest absolute Gasteiger partial charge is 0.350 e. The molecule has 0 aromatic heterocycles. The Morgan fingerprint density at radius 2 is 1.70 bits per heavy atom. The summed E-state index contributed by atoms with van der Waals surface area (Å²) >= 11 is 6.03. The first-order valence-corrected chi connectivity index (χ1v) is 10.9. The van der Waals surface area contributed by atoms with Gasteiger partial charge in [-0.25, -0.2) is 4.79 Å². The Hall–Kier alpha value is -3.84. The molecule has 8 heteroatoms. The molecule has 4 rings (SSSR count). The quantitative estimate of drug-likeness (QED) is 0.521. The Morgan fingerprint density at radius 3 is 2.48 bits per heavy atom. The highest BCUT2D eigenvalue weighted by Gasteiger charge is 2.30. The smallest absolute Gasteiger partial charge is 0.323 e. The third-order valence-electron chi connectivity index (χ3n) is 5.27. The molecule has 7 nitrogen and oxygen atoms in total. The molecule has 0 unspecified atom stereocenters. The Labute approximate surface area is 196 Å². The lowest BCUT2D eigenvalue weighted by molar-refractivity contribution is -0.123. The van der Waals surface area contributed by atoms with Gasteiger partial charge in [0.25, 0.3) is 0 Å². The molecule has 4 amide bonds. The normalized spacial score (nSPS) is 13.5. The van der Waals surface area contributed by atoms with E-state index in [0.29, 0.717) is 22.8 Å². The van der Waals surface area contributed by atoms with Crippen LogP contribution in [0.5, 0.6) is 0 Å². The molecule has 0 aliphatic carbocycles. The van der Waals surface area contributed by atoms with E-state index < -0.39 is 12.1 Å². The number of nitrogens with one attached hydrogen (secondary N) is 3. The van der Waals surface area contributed by atoms with Crippen molar-refractivity contribution in [2.24, 2.45) is 0 Å². The fourth-order valence-corrected chi connectivity index (χ4v) is 3.87. The number of carbonyl (C=O) groups excluding carboxylic acids is 3. The molecule has 1 aliphatic rings. The zero-order valence-corrected chi connectivity index (χ0v) is 18.5. The van der Waals surface area contributed by atoms with Crippen molar-refractivity contribution in [2.75, 3.05) is 16.8 Å². The lowest BCUT2D eigenvalue weighted by Gasteiger charge is -2.30. The number of benzene rings is 3. The number of halogens is 1. The highest BCUT2D eigenvalue weighted by molar-refractivity contribution is 6.30. The van der Waals surface area contributed by atoms with Crippen molar-refractivity contribution in [1.29, 1.82) is 0 Å². The van der Waals surface area contributed by atoms with Crippen LogP contribution in [0.25, 0.3) is 0 Å². The lowest BCUT2D eigenvalue weighted by atomic mass is 10.1. The highest BCUT2D eigenvalue weighted by Crippen LogP contribution is 2.28. The summed E-state index contributed by atoms with van der Waals surface area (Å²) in [5.41, 5.74) is 2.88. The van der Waals surface area contributed by atoms with E-state index in [1.165, 1.54) is 4.90 Å². The van der Waals surface area contributed by atoms with Crippen LogP contribution in [0.1, 0.15) is 11.1 Å². The van der Waals surface area contributed by atoms with Gasteiger partial charge in [0.1, 0.15) is 12.6 Å². The van der Waals surface area contributed by atoms with E-state index in [1.807, 2.05) is 42.5 Å². The molecule has 3 N–H and O–H groups in total. The van der Waals surface area contributed by atoms with Crippen LogP contribution in [0, 0.1) is 0 Å². The predicted octanol–water partition coefficient (Wildman–Crippen LogP) is 3.74. The van der Waals surface area contributed by atoms with Crippen LogP contribution in [0.2, 0.25) is 5.02 Å². The summed E-state index contributed by atoms with van der Waals surface area (Å²) in [6.45, 7) is 0.139. The molecule has 0 spiro atoms. The predicted molar refractivity (Wildman–Crippen MR) is 128 cm³/mol. The number of para-hydroxylation sites is 2. The van der Waals surface area contributed by atoms with Crippen LogP contribution in [0.4, 0.5) is 16.2 Å². The second-order valence-corrected chi connectivity index (χ2v) is 8.13. The first-order valence-electron chi connectivity index (χ1n) is 10.5. The number of carbonyl (C=O) groups is 3. The van der Waals surface area contributed by atoms with E-state index in [1.54, 1.807) is 36.4 Å². The maximum Gasteiger partial charge on any atom is 0.323 e. The maximum absolute atomic E-state index is 13.2. The number of nitrogens with zero attached hydrogens (tertiary/aromatic N) is 1. The molecule has 1 heterocycles. The Bertz CT molecular complexity index is 1170. The van der Waals surface area contributed by atoms with E-state index in [0.717, 1.165) is 11.1 Å². The van der Waals surface area contributed by atoms with Crippen molar-refractivity contribution in [3.63, 3.8) is 0 Å². The molecule has 0 radical (unpaired) electrons. The van der Waals surface area contributed by atoms with E-state index >= 15 is 0 Å². The Kier molecular flexibility index (Phi) is 6.90. The minimum atomic E-state index is -0.837. The number of urea groups is 1. The van der Waals surface area contributed by atoms with Crippen molar-refractivity contribution < 1.29 is 14.4 Å². The van der Waals surface area contributed by atoms with Crippen LogP contribution in [-0.2, 0) is 22.6 Å². The number of hydrogen-bond acceptors (Lipinski definition) is 3. The number of rotatable bonds is 6. The highest BCUT2D eigenvalue weighted by atomic mass is 35.5. The topological polar surface area (TPSA) is 90.5 Å². The summed E-state index contributed by atoms with van der Waals surface area (Å²) in [5.74, 6) is -0.629. The zero-order valence-electron chi connectivity index (χ0n) is 17.8. The van der Waals surface area contributed by atoms with E-state index in [9.17, 15) is 14.4 Å². The summed E-state index contributed by atoms with van der Waals surface area (Å²) < 4.78 is 0. The van der Waals surface area contributed by atoms with Crippen LogP contribution in [-0.4, -0.2) is 30.4 Å². The van der Waals surface area contributed by atoms with Gasteiger partial charge in [0.15, 0.2) is 0 Å². The molecule has 1 atom stereocenters. The van der Waals surface area contributed by atoms with E-state index in [4.69, 9.17) is 11.6 Å². The molecule has 3 aromatic rings. The van der Waals surface area contributed by atoms with Gasteiger partial charge in [-0.05, 0) is 35.4 Å². The molecule has 33 heavy (non-hydrogen) atoms. The molecular weight excluding hydrogens is 440 g/mol. The van der Waals surface area contributed by atoms with Crippen LogP contribution < -0.4 is 20.9 Å². The Balaban J connectivity index is 1.51.